The van der Waals surface area contributed by atoms with Gasteiger partial charge in [-0.3, -0.25) is 9.59 Å². The molecule has 0 saturated carbocycles. The highest BCUT2D eigenvalue weighted by Gasteiger charge is 2.27. The quantitative estimate of drug-likeness (QED) is 0.850. The molecule has 1 aromatic rings. The monoisotopic (exact) mass is 307 g/mol. The number of aliphatic carboxylic acids is 1. The number of carboxylic acids is 1. The minimum absolute atomic E-state index is 0.0237. The Kier molecular flexibility index (Phi) is 5.56. The summed E-state index contributed by atoms with van der Waals surface area (Å²) < 4.78 is 0. The van der Waals surface area contributed by atoms with Crippen molar-refractivity contribution in [3.05, 3.63) is 28.5 Å². The fourth-order valence-electron chi connectivity index (χ4n) is 2.76. The zero-order chi connectivity index (χ0) is 15.2. The zero-order valence-electron chi connectivity index (χ0n) is 12.2. The van der Waals surface area contributed by atoms with Gasteiger partial charge in [-0.25, -0.2) is 0 Å². The first-order chi connectivity index (χ1) is 10.1. The molecule has 114 valence electrons. The maximum atomic E-state index is 12.2. The van der Waals surface area contributed by atoms with Crippen molar-refractivity contribution in [3.8, 4) is 0 Å². The van der Waals surface area contributed by atoms with Gasteiger partial charge in [-0.15, -0.1) is 11.3 Å². The van der Waals surface area contributed by atoms with Gasteiger partial charge in [-0.2, -0.15) is 0 Å². The lowest BCUT2D eigenvalue weighted by Crippen LogP contribution is -2.41. The third-order valence-corrected chi connectivity index (χ3v) is 4.84. The average Bonchev–Trinajstić information content (AvgIpc) is 2.97. The molecule has 0 bridgehead atoms. The first-order valence-electron chi connectivity index (χ1n) is 7.28. The van der Waals surface area contributed by atoms with Crippen molar-refractivity contribution < 1.29 is 14.7 Å². The number of hydrogen-bond donors (Lipinski definition) is 1. The fraction of sp³-hybridized carbons (Fsp3) is 0.500. The Morgan fingerprint density at radius 3 is 3.05 bits per heavy atom. The van der Waals surface area contributed by atoms with Crippen LogP contribution in [0.1, 0.15) is 31.1 Å². The van der Waals surface area contributed by atoms with Gasteiger partial charge in [0.2, 0.25) is 5.91 Å². The molecule has 0 aliphatic carbocycles. The van der Waals surface area contributed by atoms with Crippen LogP contribution in [-0.4, -0.2) is 35.0 Å². The van der Waals surface area contributed by atoms with Gasteiger partial charge < -0.3 is 10.0 Å². The van der Waals surface area contributed by atoms with Crippen molar-refractivity contribution in [2.45, 2.75) is 26.2 Å². The summed E-state index contributed by atoms with van der Waals surface area (Å²) in [6.07, 6.45) is 5.60. The predicted octanol–water partition coefficient (Wildman–Crippen LogP) is 3.11. The second-order valence-electron chi connectivity index (χ2n) is 5.61. The Morgan fingerprint density at radius 1 is 1.57 bits per heavy atom. The molecule has 1 aromatic heterocycles. The summed E-state index contributed by atoms with van der Waals surface area (Å²) >= 11 is 1.60. The van der Waals surface area contributed by atoms with Crippen molar-refractivity contribution >= 4 is 29.3 Å². The first kappa shape index (κ1) is 15.8. The topological polar surface area (TPSA) is 57.6 Å². The molecule has 0 radical (unpaired) electrons. The Balaban J connectivity index is 1.91. The van der Waals surface area contributed by atoms with Crippen LogP contribution in [0.2, 0.25) is 0 Å². The van der Waals surface area contributed by atoms with Gasteiger partial charge in [0.1, 0.15) is 0 Å². The number of amides is 1. The molecule has 1 aliphatic heterocycles. The third-order valence-electron chi connectivity index (χ3n) is 4.00. The van der Waals surface area contributed by atoms with Crippen molar-refractivity contribution in [2.24, 2.45) is 11.8 Å². The number of carbonyl (C=O) groups is 2. The zero-order valence-corrected chi connectivity index (χ0v) is 13.0. The molecule has 1 amide bonds. The van der Waals surface area contributed by atoms with E-state index in [0.29, 0.717) is 6.54 Å². The first-order valence-corrected chi connectivity index (χ1v) is 8.16. The van der Waals surface area contributed by atoms with Crippen LogP contribution in [0.15, 0.2) is 23.6 Å². The molecular weight excluding hydrogens is 286 g/mol. The molecule has 4 nitrogen and oxygen atoms in total. The summed E-state index contributed by atoms with van der Waals surface area (Å²) in [6.45, 7) is 3.40. The molecule has 1 aliphatic rings. The lowest BCUT2D eigenvalue weighted by atomic mass is 9.84. The second kappa shape index (κ2) is 7.41. The third kappa shape index (κ3) is 4.70. The van der Waals surface area contributed by atoms with E-state index in [1.165, 1.54) is 0 Å². The van der Waals surface area contributed by atoms with E-state index in [9.17, 15) is 9.59 Å². The van der Waals surface area contributed by atoms with Crippen LogP contribution in [-0.2, 0) is 9.59 Å². The minimum Gasteiger partial charge on any atom is -0.481 e. The van der Waals surface area contributed by atoms with Gasteiger partial charge in [0.05, 0.1) is 0 Å². The van der Waals surface area contributed by atoms with Crippen molar-refractivity contribution in [3.63, 3.8) is 0 Å². The van der Waals surface area contributed by atoms with E-state index in [1.54, 1.807) is 17.4 Å². The van der Waals surface area contributed by atoms with Crippen LogP contribution in [0.4, 0.5) is 0 Å². The molecular formula is C16H21NO3S. The lowest BCUT2D eigenvalue weighted by molar-refractivity contribution is -0.138. The van der Waals surface area contributed by atoms with Gasteiger partial charge in [-0.05, 0) is 42.2 Å². The van der Waals surface area contributed by atoms with Crippen molar-refractivity contribution in [1.82, 2.24) is 4.90 Å². The van der Waals surface area contributed by atoms with Crippen LogP contribution in [0.3, 0.4) is 0 Å². The number of likely N-dealkylation sites (tertiary alicyclic amines) is 1. The van der Waals surface area contributed by atoms with Gasteiger partial charge in [0.25, 0.3) is 0 Å². The number of nitrogens with zero attached hydrogens (tertiary/aromatic N) is 1. The minimum atomic E-state index is -0.761. The van der Waals surface area contributed by atoms with E-state index in [1.807, 2.05) is 35.4 Å². The van der Waals surface area contributed by atoms with Gasteiger partial charge in [0.15, 0.2) is 0 Å². The van der Waals surface area contributed by atoms with Crippen LogP contribution >= 0.6 is 11.3 Å². The summed E-state index contributed by atoms with van der Waals surface area (Å²) in [4.78, 5) is 25.9. The Bertz CT molecular complexity index is 510. The molecule has 0 aromatic carbocycles. The number of thiophene rings is 1. The molecule has 2 unspecified atom stereocenters. The number of carbonyl (C=O) groups excluding carboxylic acids is 1. The standard InChI is InChI=1S/C16H21NO3S/c1-12(10-16(19)20)13-4-2-8-17(11-13)15(18)7-6-14-5-3-9-21-14/h3,5-7,9,12-13H,2,4,8,10-11H2,1H3,(H,19,20)/b7-6+. The van der Waals surface area contributed by atoms with Crippen molar-refractivity contribution in [1.29, 1.82) is 0 Å². The normalized spacial score (nSPS) is 20.6. The van der Waals surface area contributed by atoms with Gasteiger partial charge in [0, 0.05) is 30.5 Å². The number of carboxylic acid groups (broad SMARTS) is 1. The highest BCUT2D eigenvalue weighted by molar-refractivity contribution is 7.10. The molecule has 2 atom stereocenters. The summed E-state index contributed by atoms with van der Waals surface area (Å²) in [7, 11) is 0. The highest BCUT2D eigenvalue weighted by atomic mass is 32.1. The molecule has 5 heteroatoms. The van der Waals surface area contributed by atoms with E-state index in [2.05, 4.69) is 0 Å². The van der Waals surface area contributed by atoms with Crippen molar-refractivity contribution in [2.75, 3.05) is 13.1 Å². The summed E-state index contributed by atoms with van der Waals surface area (Å²) in [5, 5.41) is 10.9. The van der Waals surface area contributed by atoms with E-state index in [-0.39, 0.29) is 24.2 Å². The van der Waals surface area contributed by atoms with E-state index in [4.69, 9.17) is 5.11 Å². The largest absolute Gasteiger partial charge is 0.481 e. The molecule has 2 rings (SSSR count). The van der Waals surface area contributed by atoms with Crippen LogP contribution in [0.25, 0.3) is 6.08 Å². The van der Waals surface area contributed by atoms with Crippen LogP contribution in [0, 0.1) is 11.8 Å². The van der Waals surface area contributed by atoms with E-state index in [0.717, 1.165) is 24.3 Å². The summed E-state index contributed by atoms with van der Waals surface area (Å²) in [6, 6.07) is 3.93. The molecule has 2 heterocycles. The smallest absolute Gasteiger partial charge is 0.303 e. The highest BCUT2D eigenvalue weighted by Crippen LogP contribution is 2.26. The Labute approximate surface area is 129 Å². The van der Waals surface area contributed by atoms with Gasteiger partial charge in [-0.1, -0.05) is 13.0 Å². The van der Waals surface area contributed by atoms with E-state index < -0.39 is 5.97 Å². The lowest BCUT2D eigenvalue weighted by Gasteiger charge is -2.35. The fourth-order valence-corrected chi connectivity index (χ4v) is 3.38. The number of hydrogen-bond acceptors (Lipinski definition) is 3. The average molecular weight is 307 g/mol. The number of rotatable bonds is 5. The molecule has 1 N–H and O–H groups in total. The Morgan fingerprint density at radius 2 is 2.38 bits per heavy atom. The van der Waals surface area contributed by atoms with Crippen LogP contribution in [0.5, 0.6) is 0 Å². The second-order valence-corrected chi connectivity index (χ2v) is 6.59. The maximum absolute atomic E-state index is 12.2. The maximum Gasteiger partial charge on any atom is 0.303 e. The van der Waals surface area contributed by atoms with Crippen LogP contribution < -0.4 is 0 Å². The SMILES string of the molecule is CC(CC(=O)O)C1CCCN(C(=O)/C=C/c2cccs2)C1. The Hall–Kier alpha value is -1.62. The molecule has 0 spiro atoms. The molecule has 1 saturated heterocycles. The molecule has 21 heavy (non-hydrogen) atoms. The summed E-state index contributed by atoms with van der Waals surface area (Å²) in [5.74, 6) is -0.340. The number of piperidine rings is 1. The van der Waals surface area contributed by atoms with Gasteiger partial charge >= 0.3 is 5.97 Å². The molecule has 1 fully saturated rings. The van der Waals surface area contributed by atoms with E-state index >= 15 is 0 Å². The predicted molar refractivity (Wildman–Crippen MR) is 84.1 cm³/mol. The summed E-state index contributed by atoms with van der Waals surface area (Å²) in [5.41, 5.74) is 0.